The highest BCUT2D eigenvalue weighted by atomic mass is 14.7. The molecule has 0 amide bonds. The molecule has 0 spiro atoms. The van der Waals surface area contributed by atoms with Gasteiger partial charge in [0.05, 0.1) is 11.0 Å². The molecule has 0 heterocycles. The van der Waals surface area contributed by atoms with Gasteiger partial charge in [-0.3, -0.25) is 21.6 Å². The van der Waals surface area contributed by atoms with Gasteiger partial charge in [0.2, 0.25) is 0 Å². The number of anilines is 1. The average molecular weight is 200 g/mol. The number of rotatable bonds is 0. The standard InChI is InChI=1S/C8H9BN6/c1-2-3(10)4(11)5(12)6(13)7(14)8(2)15-9/h11-14H,10H2,1H3/b11-4?,12-5?,13-6?,14-7?,15-8-. The molecule has 6 nitrogen and oxygen atoms in total. The smallest absolute Gasteiger partial charge is 0.260 e. The van der Waals surface area contributed by atoms with Gasteiger partial charge in [0.15, 0.2) is 0 Å². The predicted molar refractivity (Wildman–Crippen MR) is 52.7 cm³/mol. The van der Waals surface area contributed by atoms with Crippen molar-refractivity contribution in [2.75, 3.05) is 5.73 Å². The minimum absolute atomic E-state index is 0.0243. The van der Waals surface area contributed by atoms with Crippen LogP contribution in [0, 0.1) is 28.6 Å². The Morgan fingerprint density at radius 3 is 1.93 bits per heavy atom. The molecule has 6 N–H and O–H groups in total. The monoisotopic (exact) mass is 200 g/mol. The van der Waals surface area contributed by atoms with Crippen LogP contribution in [0.15, 0.2) is 4.90 Å². The molecule has 0 aromatic heterocycles. The summed E-state index contributed by atoms with van der Waals surface area (Å²) in [4.78, 5) is 3.36. The number of nitrogens with two attached hydrogens (primary N) is 1. The van der Waals surface area contributed by atoms with Crippen LogP contribution in [0.25, 0.3) is 0 Å². The maximum atomic E-state index is 7.57. The lowest BCUT2D eigenvalue weighted by Gasteiger charge is -1.92. The topological polar surface area (TPSA) is 134 Å². The largest absolute Gasteiger partial charge is 0.397 e. The van der Waals surface area contributed by atoms with E-state index < -0.39 is 10.7 Å². The molecule has 74 valence electrons. The van der Waals surface area contributed by atoms with Crippen molar-refractivity contribution < 1.29 is 0 Å². The van der Waals surface area contributed by atoms with Crippen LogP contribution in [0.2, 0.25) is 0 Å². The molecule has 2 radical (unpaired) electrons. The fourth-order valence-electron chi connectivity index (χ4n) is 1.17. The summed E-state index contributed by atoms with van der Waals surface area (Å²) in [6.45, 7) is 1.55. The molecule has 7 heteroatoms. The number of nitrogens with one attached hydrogen (secondary N) is 4. The molecule has 1 aromatic carbocycles. The Hall–Kier alpha value is -2.05. The molecule has 0 unspecified atom stereocenters. The van der Waals surface area contributed by atoms with Crippen molar-refractivity contribution in [2.45, 2.75) is 6.92 Å². The van der Waals surface area contributed by atoms with Gasteiger partial charge in [0.25, 0.3) is 7.98 Å². The van der Waals surface area contributed by atoms with E-state index in [9.17, 15) is 0 Å². The van der Waals surface area contributed by atoms with E-state index in [1.165, 1.54) is 0 Å². The Balaban J connectivity index is 4.45. The first kappa shape index (κ1) is 11.0. The van der Waals surface area contributed by atoms with E-state index in [4.69, 9.17) is 35.4 Å². The number of nitrogen functional groups attached to an aromatic ring is 1. The second kappa shape index (κ2) is 3.60. The number of hydrogen-bond donors (Lipinski definition) is 5. The third-order valence-corrected chi connectivity index (χ3v) is 2.14. The van der Waals surface area contributed by atoms with Crippen LogP contribution >= 0.6 is 0 Å². The lowest BCUT2D eigenvalue weighted by atomic mass is 10.2. The van der Waals surface area contributed by atoms with Crippen LogP contribution in [0.3, 0.4) is 0 Å². The van der Waals surface area contributed by atoms with Crippen molar-refractivity contribution in [3.63, 3.8) is 0 Å². The maximum Gasteiger partial charge on any atom is 0.260 e. The van der Waals surface area contributed by atoms with Crippen molar-refractivity contribution in [3.8, 4) is 0 Å². The minimum Gasteiger partial charge on any atom is -0.397 e. The summed E-state index contributed by atoms with van der Waals surface area (Å²) in [5.74, 6) is 0. The molecule has 0 aliphatic rings. The molecule has 1 aromatic rings. The highest BCUT2D eigenvalue weighted by molar-refractivity contribution is 6.05. The second-order valence-electron chi connectivity index (χ2n) is 3.02. The molecule has 0 aliphatic carbocycles. The van der Waals surface area contributed by atoms with Crippen LogP contribution in [0.5, 0.6) is 0 Å². The predicted octanol–water partition coefficient (Wildman–Crippen LogP) is -2.65. The molecular weight excluding hydrogens is 191 g/mol. The second-order valence-corrected chi connectivity index (χ2v) is 3.02. The first-order chi connectivity index (χ1) is 6.91. The summed E-state index contributed by atoms with van der Waals surface area (Å²) >= 11 is 0. The molecule has 0 saturated carbocycles. The maximum absolute atomic E-state index is 7.57. The van der Waals surface area contributed by atoms with Crippen molar-refractivity contribution in [3.05, 3.63) is 32.3 Å². The van der Waals surface area contributed by atoms with Gasteiger partial charge in [0.1, 0.15) is 21.4 Å². The fraction of sp³-hybridized carbons (Fsp3) is 0.125. The van der Waals surface area contributed by atoms with Crippen molar-refractivity contribution in [1.29, 1.82) is 21.6 Å². The van der Waals surface area contributed by atoms with E-state index in [1.807, 2.05) is 0 Å². The van der Waals surface area contributed by atoms with Crippen LogP contribution in [0.4, 0.5) is 5.69 Å². The lowest BCUT2D eigenvalue weighted by Crippen LogP contribution is -2.47. The quantitative estimate of drug-likeness (QED) is 0.287. The van der Waals surface area contributed by atoms with Crippen LogP contribution in [-0.2, 0) is 0 Å². The summed E-state index contributed by atoms with van der Waals surface area (Å²) in [5.41, 5.74) is 5.96. The summed E-state index contributed by atoms with van der Waals surface area (Å²) in [7, 11) is 5.09. The van der Waals surface area contributed by atoms with Gasteiger partial charge in [-0.2, -0.15) is 0 Å². The Morgan fingerprint density at radius 1 is 1.00 bits per heavy atom. The van der Waals surface area contributed by atoms with Crippen LogP contribution in [-0.4, -0.2) is 7.98 Å². The van der Waals surface area contributed by atoms with Crippen molar-refractivity contribution in [1.82, 2.24) is 0 Å². The third-order valence-electron chi connectivity index (χ3n) is 2.14. The molecule has 0 bridgehead atoms. The normalized spacial score (nSPS) is 11.7. The molecule has 0 atom stereocenters. The summed E-state index contributed by atoms with van der Waals surface area (Å²) in [6.07, 6.45) is 0. The highest BCUT2D eigenvalue weighted by Crippen LogP contribution is 1.90. The summed E-state index contributed by atoms with van der Waals surface area (Å²) in [5, 5.41) is 28.7. The van der Waals surface area contributed by atoms with E-state index in [2.05, 4.69) is 4.90 Å². The van der Waals surface area contributed by atoms with Crippen molar-refractivity contribution >= 4 is 13.7 Å². The number of hydrogen-bond acceptors (Lipinski definition) is 6. The van der Waals surface area contributed by atoms with E-state index in [-0.39, 0.29) is 21.8 Å². The molecule has 0 saturated heterocycles. The zero-order valence-electron chi connectivity index (χ0n) is 8.10. The van der Waals surface area contributed by atoms with Crippen LogP contribution < -0.4 is 32.5 Å². The SMILES string of the molecule is [B]/N=c1/c(C)c(N)c(=N)c(=N)c(=N)c1=N. The zero-order valence-corrected chi connectivity index (χ0v) is 8.10. The number of nitrogens with zero attached hydrogens (tertiary/aromatic N) is 1. The van der Waals surface area contributed by atoms with Gasteiger partial charge < -0.3 is 10.6 Å². The van der Waals surface area contributed by atoms with Crippen LogP contribution in [0.1, 0.15) is 5.56 Å². The lowest BCUT2D eigenvalue weighted by molar-refractivity contribution is 1.02. The molecule has 1 rings (SSSR count). The van der Waals surface area contributed by atoms with E-state index in [0.717, 1.165) is 0 Å². The van der Waals surface area contributed by atoms with Gasteiger partial charge in [0, 0.05) is 5.56 Å². The van der Waals surface area contributed by atoms with Gasteiger partial charge >= 0.3 is 0 Å². The van der Waals surface area contributed by atoms with Crippen molar-refractivity contribution in [2.24, 2.45) is 4.90 Å². The Kier molecular flexibility index (Phi) is 2.65. The molecule has 0 fully saturated rings. The van der Waals surface area contributed by atoms with E-state index in [1.54, 1.807) is 6.92 Å². The Morgan fingerprint density at radius 2 is 1.47 bits per heavy atom. The molecular formula is C8H9BN6. The molecule has 0 aliphatic heterocycles. The van der Waals surface area contributed by atoms with E-state index >= 15 is 0 Å². The first-order valence-electron chi connectivity index (χ1n) is 4.02. The zero-order chi connectivity index (χ0) is 11.7. The van der Waals surface area contributed by atoms with Gasteiger partial charge in [-0.05, 0) is 6.92 Å². The average Bonchev–Trinajstić information content (AvgIpc) is 2.28. The summed E-state index contributed by atoms with van der Waals surface area (Å²) in [6, 6.07) is 0. The highest BCUT2D eigenvalue weighted by Gasteiger charge is 2.02. The minimum atomic E-state index is -0.399. The van der Waals surface area contributed by atoms with E-state index in [0.29, 0.717) is 5.56 Å². The molecule has 15 heavy (non-hydrogen) atoms. The van der Waals surface area contributed by atoms with Gasteiger partial charge in [-0.25, -0.2) is 0 Å². The van der Waals surface area contributed by atoms with Gasteiger partial charge in [-0.1, -0.05) is 0 Å². The Bertz CT molecular complexity index is 680. The Labute approximate surface area is 86.0 Å². The fourth-order valence-corrected chi connectivity index (χ4v) is 1.17. The summed E-state index contributed by atoms with van der Waals surface area (Å²) < 4.78 is 0. The van der Waals surface area contributed by atoms with Gasteiger partial charge in [-0.15, -0.1) is 0 Å². The first-order valence-corrected chi connectivity index (χ1v) is 4.02. The third kappa shape index (κ3) is 1.52.